The molecule has 1 amide bonds. The summed E-state index contributed by atoms with van der Waals surface area (Å²) < 4.78 is 5.33. The van der Waals surface area contributed by atoms with Crippen molar-refractivity contribution in [3.8, 4) is 0 Å². The van der Waals surface area contributed by atoms with Crippen molar-refractivity contribution in [3.05, 3.63) is 11.7 Å². The average Bonchev–Trinajstić information content (AvgIpc) is 3.23. The molecule has 1 aliphatic carbocycles. The standard InChI is InChI=1S/C22H36N4O4/c1-25(2)18-11-13-26(14-12-18)22(29)20-23-21(30-24-20)17(15-19(27)28)10-6-9-16-7-4-3-5-8-16/h16-18H,3-15H2,1-2H3,(H,27,28)/p-1/t17-/m1/s1. The Morgan fingerprint density at radius 2 is 1.87 bits per heavy atom. The van der Waals surface area contributed by atoms with Crippen LogP contribution in [0.15, 0.2) is 4.52 Å². The largest absolute Gasteiger partial charge is 0.550 e. The maximum absolute atomic E-state index is 12.8. The summed E-state index contributed by atoms with van der Waals surface area (Å²) in [5, 5.41) is 15.1. The van der Waals surface area contributed by atoms with Crippen LogP contribution < -0.4 is 5.11 Å². The number of amides is 1. The average molecular weight is 420 g/mol. The molecule has 1 aromatic heterocycles. The topological polar surface area (TPSA) is 103 Å². The maximum Gasteiger partial charge on any atom is 0.295 e. The van der Waals surface area contributed by atoms with E-state index in [1.54, 1.807) is 4.90 Å². The van der Waals surface area contributed by atoms with Gasteiger partial charge in [0, 0.05) is 31.0 Å². The molecule has 2 fully saturated rings. The Morgan fingerprint density at radius 3 is 2.50 bits per heavy atom. The predicted molar refractivity (Wildman–Crippen MR) is 110 cm³/mol. The first-order valence-corrected chi connectivity index (χ1v) is 11.4. The van der Waals surface area contributed by atoms with Crippen LogP contribution in [-0.4, -0.2) is 65.0 Å². The first kappa shape index (κ1) is 22.7. The molecule has 0 radical (unpaired) electrons. The second-order valence-corrected chi connectivity index (χ2v) is 9.15. The van der Waals surface area contributed by atoms with Crippen molar-refractivity contribution in [3.63, 3.8) is 0 Å². The molecule has 0 spiro atoms. The lowest BCUT2D eigenvalue weighted by atomic mass is 9.84. The molecule has 8 nitrogen and oxygen atoms in total. The lowest BCUT2D eigenvalue weighted by molar-refractivity contribution is -0.306. The van der Waals surface area contributed by atoms with Crippen LogP contribution in [0.5, 0.6) is 0 Å². The summed E-state index contributed by atoms with van der Waals surface area (Å²) in [5.74, 6) is -0.746. The molecule has 0 bridgehead atoms. The van der Waals surface area contributed by atoms with Crippen LogP contribution in [0.4, 0.5) is 0 Å². The Hall–Kier alpha value is -1.96. The number of carbonyl (C=O) groups is 2. The normalized spacial score (nSPS) is 19.9. The van der Waals surface area contributed by atoms with Crippen molar-refractivity contribution in [2.24, 2.45) is 5.92 Å². The number of likely N-dealkylation sites (tertiary alicyclic amines) is 1. The highest BCUT2D eigenvalue weighted by molar-refractivity contribution is 5.90. The molecule has 3 rings (SSSR count). The van der Waals surface area contributed by atoms with Crippen LogP contribution in [0, 0.1) is 5.92 Å². The van der Waals surface area contributed by atoms with Gasteiger partial charge in [-0.3, -0.25) is 4.79 Å². The number of piperidine rings is 1. The summed E-state index contributed by atoms with van der Waals surface area (Å²) in [6, 6.07) is 0.478. The summed E-state index contributed by atoms with van der Waals surface area (Å²) in [4.78, 5) is 32.2. The van der Waals surface area contributed by atoms with E-state index in [2.05, 4.69) is 29.1 Å². The van der Waals surface area contributed by atoms with Gasteiger partial charge in [0.25, 0.3) is 11.7 Å². The molecule has 2 heterocycles. The van der Waals surface area contributed by atoms with Gasteiger partial charge in [-0.15, -0.1) is 0 Å². The third-order valence-electron chi connectivity index (χ3n) is 6.77. The van der Waals surface area contributed by atoms with Gasteiger partial charge in [0.1, 0.15) is 0 Å². The maximum atomic E-state index is 12.8. The van der Waals surface area contributed by atoms with Crippen molar-refractivity contribution >= 4 is 11.9 Å². The zero-order chi connectivity index (χ0) is 21.5. The fraction of sp³-hybridized carbons (Fsp3) is 0.818. The number of carboxylic acid groups (broad SMARTS) is 1. The Morgan fingerprint density at radius 1 is 1.17 bits per heavy atom. The number of hydrogen-bond donors (Lipinski definition) is 0. The van der Waals surface area contributed by atoms with Crippen molar-refractivity contribution in [1.82, 2.24) is 19.9 Å². The molecule has 168 valence electrons. The van der Waals surface area contributed by atoms with Gasteiger partial charge in [-0.25, -0.2) is 0 Å². The van der Waals surface area contributed by atoms with Crippen LogP contribution in [0.25, 0.3) is 0 Å². The molecule has 0 N–H and O–H groups in total. The lowest BCUT2D eigenvalue weighted by Gasteiger charge is -2.34. The van der Waals surface area contributed by atoms with Gasteiger partial charge in [0.15, 0.2) is 0 Å². The second kappa shape index (κ2) is 10.9. The number of rotatable bonds is 9. The summed E-state index contributed by atoms with van der Waals surface area (Å²) in [6.45, 7) is 1.32. The zero-order valence-electron chi connectivity index (χ0n) is 18.3. The second-order valence-electron chi connectivity index (χ2n) is 9.15. The number of carbonyl (C=O) groups excluding carboxylic acids is 2. The van der Waals surface area contributed by atoms with E-state index in [1.165, 1.54) is 32.1 Å². The van der Waals surface area contributed by atoms with Gasteiger partial charge in [-0.05, 0) is 45.7 Å². The first-order chi connectivity index (χ1) is 14.4. The number of nitrogens with zero attached hydrogens (tertiary/aromatic N) is 4. The van der Waals surface area contributed by atoms with Gasteiger partial charge >= 0.3 is 0 Å². The molecule has 1 saturated carbocycles. The molecule has 1 atom stereocenters. The first-order valence-electron chi connectivity index (χ1n) is 11.4. The van der Waals surface area contributed by atoms with Crippen molar-refractivity contribution in [2.45, 2.75) is 82.6 Å². The van der Waals surface area contributed by atoms with Crippen molar-refractivity contribution < 1.29 is 19.2 Å². The molecule has 8 heteroatoms. The molecule has 1 aliphatic heterocycles. The van der Waals surface area contributed by atoms with Crippen LogP contribution in [0.1, 0.15) is 93.1 Å². The SMILES string of the molecule is CN(C)C1CCN(C(=O)c2noc([C@H](CCCC3CCCCC3)CC(=O)[O-])n2)CC1. The predicted octanol–water partition coefficient (Wildman–Crippen LogP) is 2.21. The van der Waals surface area contributed by atoms with Gasteiger partial charge in [0.2, 0.25) is 5.89 Å². The molecule has 2 aliphatic rings. The molecular weight excluding hydrogens is 384 g/mol. The monoisotopic (exact) mass is 419 g/mol. The van der Waals surface area contributed by atoms with Gasteiger partial charge in [-0.1, -0.05) is 50.1 Å². The van der Waals surface area contributed by atoms with Gasteiger partial charge in [0.05, 0.1) is 0 Å². The van der Waals surface area contributed by atoms with E-state index >= 15 is 0 Å². The highest BCUT2D eigenvalue weighted by Crippen LogP contribution is 2.31. The molecule has 1 aromatic rings. The van der Waals surface area contributed by atoms with E-state index in [1.807, 2.05) is 0 Å². The minimum atomic E-state index is -1.13. The Balaban J connectivity index is 1.56. The lowest BCUT2D eigenvalue weighted by Crippen LogP contribution is -2.44. The number of aliphatic carboxylic acids is 1. The van der Waals surface area contributed by atoms with E-state index in [9.17, 15) is 14.7 Å². The summed E-state index contributed by atoms with van der Waals surface area (Å²) >= 11 is 0. The number of hydrogen-bond acceptors (Lipinski definition) is 7. The van der Waals surface area contributed by atoms with E-state index in [0.717, 1.165) is 31.6 Å². The molecule has 30 heavy (non-hydrogen) atoms. The van der Waals surface area contributed by atoms with Crippen LogP contribution in [-0.2, 0) is 4.79 Å². The van der Waals surface area contributed by atoms with Crippen LogP contribution in [0.2, 0.25) is 0 Å². The summed E-state index contributed by atoms with van der Waals surface area (Å²) in [6.07, 6.45) is 10.8. The minimum absolute atomic E-state index is 0.0314. The highest BCUT2D eigenvalue weighted by Gasteiger charge is 2.29. The van der Waals surface area contributed by atoms with E-state index in [-0.39, 0.29) is 24.0 Å². The van der Waals surface area contributed by atoms with Gasteiger partial charge in [-0.2, -0.15) is 4.98 Å². The minimum Gasteiger partial charge on any atom is -0.550 e. The van der Waals surface area contributed by atoms with Gasteiger partial charge < -0.3 is 24.2 Å². The zero-order valence-corrected chi connectivity index (χ0v) is 18.3. The fourth-order valence-corrected chi connectivity index (χ4v) is 4.86. The highest BCUT2D eigenvalue weighted by atomic mass is 16.5. The molecule has 0 aromatic carbocycles. The Kier molecular flexibility index (Phi) is 8.24. The third-order valence-corrected chi connectivity index (χ3v) is 6.77. The van der Waals surface area contributed by atoms with Crippen LogP contribution in [0.3, 0.4) is 0 Å². The van der Waals surface area contributed by atoms with Crippen molar-refractivity contribution in [2.75, 3.05) is 27.2 Å². The summed E-state index contributed by atoms with van der Waals surface area (Å²) in [5.41, 5.74) is 0. The van der Waals surface area contributed by atoms with Crippen LogP contribution >= 0.6 is 0 Å². The Labute approximate surface area is 179 Å². The Bertz CT molecular complexity index is 691. The molecule has 0 unspecified atom stereocenters. The number of carboxylic acids is 1. The quantitative estimate of drug-likeness (QED) is 0.604. The van der Waals surface area contributed by atoms with E-state index in [4.69, 9.17) is 4.52 Å². The molecule has 1 saturated heterocycles. The third kappa shape index (κ3) is 6.27. The molecular formula is C22H35N4O4-. The smallest absolute Gasteiger partial charge is 0.295 e. The fourth-order valence-electron chi connectivity index (χ4n) is 4.86. The summed E-state index contributed by atoms with van der Waals surface area (Å²) in [7, 11) is 4.11. The number of aromatic nitrogens is 2. The van der Waals surface area contributed by atoms with Crippen molar-refractivity contribution in [1.29, 1.82) is 0 Å². The van der Waals surface area contributed by atoms with E-state index < -0.39 is 11.9 Å². The van der Waals surface area contributed by atoms with E-state index in [0.29, 0.717) is 25.6 Å².